The van der Waals surface area contributed by atoms with E-state index in [9.17, 15) is 10.1 Å². The third-order valence-electron chi connectivity index (χ3n) is 4.11. The molecule has 0 N–H and O–H groups in total. The maximum Gasteiger partial charge on any atom is 0.306 e. The van der Waals surface area contributed by atoms with Gasteiger partial charge in [0.25, 0.3) is 0 Å². The monoisotopic (exact) mass is 375 g/mol. The predicted octanol–water partition coefficient (Wildman–Crippen LogP) is 3.68. The summed E-state index contributed by atoms with van der Waals surface area (Å²) < 4.78 is 0.534. The fraction of sp³-hybridized carbons (Fsp3) is 0.294. The molecule has 0 radical (unpaired) electrons. The zero-order chi connectivity index (χ0) is 16.2. The van der Waals surface area contributed by atoms with Crippen molar-refractivity contribution in [1.82, 2.24) is 4.90 Å². The van der Waals surface area contributed by atoms with Crippen LogP contribution in [0, 0.1) is 10.1 Å². The highest BCUT2D eigenvalue weighted by molar-refractivity contribution is 9.10. The Bertz CT molecular complexity index is 685. The average molecular weight is 376 g/mol. The van der Waals surface area contributed by atoms with Crippen molar-refractivity contribution >= 4 is 27.3 Å². The summed E-state index contributed by atoms with van der Waals surface area (Å²) in [6, 6.07) is 15.8. The van der Waals surface area contributed by atoms with Gasteiger partial charge in [-0.3, -0.25) is 15.0 Å². The van der Waals surface area contributed by atoms with E-state index in [1.807, 2.05) is 18.2 Å². The molecule has 0 aliphatic carbocycles. The van der Waals surface area contributed by atoms with Crippen LogP contribution in [-0.4, -0.2) is 36.0 Å². The van der Waals surface area contributed by atoms with Crippen molar-refractivity contribution < 1.29 is 4.92 Å². The summed E-state index contributed by atoms with van der Waals surface area (Å²) in [6.45, 7) is 4.32. The van der Waals surface area contributed by atoms with Gasteiger partial charge in [0.1, 0.15) is 5.69 Å². The van der Waals surface area contributed by atoms with Crippen molar-refractivity contribution in [2.24, 2.45) is 0 Å². The Morgan fingerprint density at radius 1 is 1.00 bits per heavy atom. The lowest BCUT2D eigenvalue weighted by Gasteiger charge is -2.35. The zero-order valence-electron chi connectivity index (χ0n) is 12.7. The Morgan fingerprint density at radius 2 is 1.70 bits per heavy atom. The van der Waals surface area contributed by atoms with E-state index in [-0.39, 0.29) is 10.6 Å². The highest BCUT2D eigenvalue weighted by atomic mass is 79.9. The number of hydrogen-bond donors (Lipinski definition) is 0. The predicted molar refractivity (Wildman–Crippen MR) is 94.7 cm³/mol. The molecule has 1 aliphatic rings. The lowest BCUT2D eigenvalue weighted by atomic mass is 10.2. The largest absolute Gasteiger partial charge is 0.363 e. The number of benzene rings is 2. The molecule has 0 unspecified atom stereocenters. The molecule has 0 aromatic heterocycles. The van der Waals surface area contributed by atoms with Crippen LogP contribution in [0.3, 0.4) is 0 Å². The van der Waals surface area contributed by atoms with E-state index in [1.165, 1.54) is 5.56 Å². The Hall–Kier alpha value is -1.92. The molecule has 0 atom stereocenters. The van der Waals surface area contributed by atoms with Gasteiger partial charge in [-0.15, -0.1) is 0 Å². The molecule has 6 heteroatoms. The molecule has 23 heavy (non-hydrogen) atoms. The van der Waals surface area contributed by atoms with Crippen molar-refractivity contribution in [2.75, 3.05) is 31.1 Å². The summed E-state index contributed by atoms with van der Waals surface area (Å²) in [6.07, 6.45) is 0. The quantitative estimate of drug-likeness (QED) is 0.604. The topological polar surface area (TPSA) is 49.6 Å². The molecule has 120 valence electrons. The maximum atomic E-state index is 11.3. The lowest BCUT2D eigenvalue weighted by Crippen LogP contribution is -2.46. The highest BCUT2D eigenvalue weighted by Crippen LogP contribution is 2.35. The number of anilines is 1. The number of nitro benzene ring substituents is 1. The van der Waals surface area contributed by atoms with Gasteiger partial charge >= 0.3 is 5.69 Å². The van der Waals surface area contributed by atoms with Crippen molar-refractivity contribution in [3.8, 4) is 0 Å². The van der Waals surface area contributed by atoms with Crippen molar-refractivity contribution in [3.05, 3.63) is 68.7 Å². The number of rotatable bonds is 4. The van der Waals surface area contributed by atoms with E-state index in [4.69, 9.17) is 0 Å². The van der Waals surface area contributed by atoms with Gasteiger partial charge in [-0.05, 0) is 33.6 Å². The Balaban J connectivity index is 1.68. The number of hydrogen-bond acceptors (Lipinski definition) is 4. The second-order valence-electron chi connectivity index (χ2n) is 5.61. The van der Waals surface area contributed by atoms with Crippen LogP contribution in [0.2, 0.25) is 0 Å². The summed E-state index contributed by atoms with van der Waals surface area (Å²) >= 11 is 3.29. The minimum Gasteiger partial charge on any atom is -0.363 e. The molecule has 1 heterocycles. The molecule has 0 amide bonds. The molecule has 1 aliphatic heterocycles. The lowest BCUT2D eigenvalue weighted by molar-refractivity contribution is -0.384. The molecule has 3 rings (SSSR count). The molecule has 2 aromatic rings. The maximum absolute atomic E-state index is 11.3. The number of para-hydroxylation sites is 1. The summed E-state index contributed by atoms with van der Waals surface area (Å²) in [4.78, 5) is 15.5. The van der Waals surface area contributed by atoms with E-state index in [0.29, 0.717) is 10.2 Å². The third-order valence-corrected chi connectivity index (χ3v) is 4.75. The SMILES string of the molecule is O=[N+]([O-])c1c(Br)cccc1N1CCN(Cc2ccccc2)CC1. The van der Waals surface area contributed by atoms with Crippen molar-refractivity contribution in [2.45, 2.75) is 6.54 Å². The zero-order valence-corrected chi connectivity index (χ0v) is 14.3. The average Bonchev–Trinajstić information content (AvgIpc) is 2.56. The molecule has 0 bridgehead atoms. The van der Waals surface area contributed by atoms with Gasteiger partial charge in [-0.2, -0.15) is 0 Å². The van der Waals surface area contributed by atoms with Gasteiger partial charge in [-0.25, -0.2) is 0 Å². The first kappa shape index (κ1) is 16.0. The standard InChI is InChI=1S/C17H18BrN3O2/c18-15-7-4-8-16(17(15)21(22)23)20-11-9-19(10-12-20)13-14-5-2-1-3-6-14/h1-8H,9-13H2. The van der Waals surface area contributed by atoms with Crippen LogP contribution in [0.15, 0.2) is 53.0 Å². The molecule has 0 saturated carbocycles. The van der Waals surface area contributed by atoms with Gasteiger partial charge in [0.15, 0.2) is 0 Å². The number of piperazine rings is 1. The Kier molecular flexibility index (Phi) is 4.93. The van der Waals surface area contributed by atoms with Crippen molar-refractivity contribution in [1.29, 1.82) is 0 Å². The van der Waals surface area contributed by atoms with Crippen LogP contribution in [0.25, 0.3) is 0 Å². The highest BCUT2D eigenvalue weighted by Gasteiger charge is 2.25. The van der Waals surface area contributed by atoms with Crippen LogP contribution in [0.4, 0.5) is 11.4 Å². The molecule has 2 aromatic carbocycles. The molecular weight excluding hydrogens is 358 g/mol. The molecule has 1 saturated heterocycles. The minimum absolute atomic E-state index is 0.156. The smallest absolute Gasteiger partial charge is 0.306 e. The second-order valence-corrected chi connectivity index (χ2v) is 6.47. The molecule has 0 spiro atoms. The Morgan fingerprint density at radius 3 is 2.35 bits per heavy atom. The summed E-state index contributed by atoms with van der Waals surface area (Å²) in [5.41, 5.74) is 2.15. The first-order chi connectivity index (χ1) is 11.1. The number of nitro groups is 1. The first-order valence-corrected chi connectivity index (χ1v) is 8.38. The van der Waals surface area contributed by atoms with Gasteiger partial charge in [0.2, 0.25) is 0 Å². The van der Waals surface area contributed by atoms with E-state index in [2.05, 4.69) is 50.0 Å². The van der Waals surface area contributed by atoms with Crippen LogP contribution in [0.5, 0.6) is 0 Å². The van der Waals surface area contributed by atoms with Crippen LogP contribution < -0.4 is 4.90 Å². The van der Waals surface area contributed by atoms with Crippen molar-refractivity contribution in [3.63, 3.8) is 0 Å². The summed E-state index contributed by atoms with van der Waals surface area (Å²) in [5.74, 6) is 0. The normalized spacial score (nSPS) is 15.6. The fourth-order valence-electron chi connectivity index (χ4n) is 2.93. The Labute approximate surface area is 143 Å². The van der Waals surface area contributed by atoms with E-state index >= 15 is 0 Å². The van der Waals surface area contributed by atoms with E-state index < -0.39 is 0 Å². The van der Waals surface area contributed by atoms with Crippen LogP contribution >= 0.6 is 15.9 Å². The van der Waals surface area contributed by atoms with E-state index in [0.717, 1.165) is 32.7 Å². The first-order valence-electron chi connectivity index (χ1n) is 7.59. The minimum atomic E-state index is -0.310. The fourth-order valence-corrected chi connectivity index (χ4v) is 3.43. The van der Waals surface area contributed by atoms with Gasteiger partial charge in [0, 0.05) is 32.7 Å². The van der Waals surface area contributed by atoms with Crippen LogP contribution in [-0.2, 0) is 6.54 Å². The third kappa shape index (κ3) is 3.71. The van der Waals surface area contributed by atoms with E-state index in [1.54, 1.807) is 6.07 Å². The van der Waals surface area contributed by atoms with Gasteiger partial charge < -0.3 is 4.90 Å². The number of halogens is 1. The number of nitrogens with zero attached hydrogens (tertiary/aromatic N) is 3. The van der Waals surface area contributed by atoms with Gasteiger partial charge in [-0.1, -0.05) is 36.4 Å². The molecule has 1 fully saturated rings. The van der Waals surface area contributed by atoms with Gasteiger partial charge in [0.05, 0.1) is 9.40 Å². The summed E-state index contributed by atoms with van der Waals surface area (Å²) in [7, 11) is 0. The molecule has 5 nitrogen and oxygen atoms in total. The summed E-state index contributed by atoms with van der Waals surface area (Å²) in [5, 5.41) is 11.3. The molecular formula is C17H18BrN3O2. The second kappa shape index (κ2) is 7.10. The van der Waals surface area contributed by atoms with Crippen LogP contribution in [0.1, 0.15) is 5.56 Å².